The van der Waals surface area contributed by atoms with Crippen LogP contribution in [0.15, 0.2) is 53.9 Å². The van der Waals surface area contributed by atoms with E-state index < -0.39 is 77.8 Å². The van der Waals surface area contributed by atoms with E-state index in [1.54, 1.807) is 45.9 Å². The summed E-state index contributed by atoms with van der Waals surface area (Å²) >= 11 is 0. The normalized spacial score (nSPS) is 37.5. The molecule has 1 aromatic heterocycles. The Bertz CT molecular complexity index is 2020. The molecule has 0 unspecified atom stereocenters. The van der Waals surface area contributed by atoms with Crippen molar-refractivity contribution in [3.05, 3.63) is 53.9 Å². The molecule has 384 valence electrons. The minimum Gasteiger partial charge on any atom is -0.460 e. The number of hydrogen-bond donors (Lipinski definition) is 2. The van der Waals surface area contributed by atoms with Crippen LogP contribution in [0.1, 0.15) is 132 Å². The maximum Gasteiger partial charge on any atom is 0.329 e. The number of ketones is 3. The highest BCUT2D eigenvalue weighted by Gasteiger charge is 2.53. The second-order valence-corrected chi connectivity index (χ2v) is 20.3. The van der Waals surface area contributed by atoms with Gasteiger partial charge in [0.25, 0.3) is 11.7 Å². The number of carbonyl (C=O) groups is 5. The van der Waals surface area contributed by atoms with Gasteiger partial charge < -0.3 is 38.8 Å². The highest BCUT2D eigenvalue weighted by Crippen LogP contribution is 2.39. The Morgan fingerprint density at radius 1 is 0.884 bits per heavy atom. The molecule has 3 aliphatic heterocycles. The lowest BCUT2D eigenvalue weighted by molar-refractivity contribution is -0.265. The Kier molecular flexibility index (Phi) is 20.8. The molecule has 4 heterocycles. The second kappa shape index (κ2) is 25.7. The third-order valence-electron chi connectivity index (χ3n) is 15.1. The number of rotatable bonds is 7. The first-order valence-corrected chi connectivity index (χ1v) is 25.0. The van der Waals surface area contributed by atoms with Crippen LogP contribution in [-0.2, 0) is 47.7 Å². The van der Waals surface area contributed by atoms with Gasteiger partial charge in [-0.25, -0.2) is 4.79 Å². The average Bonchev–Trinajstić information content (AvgIpc) is 3.88. The molecule has 1 amide bonds. The van der Waals surface area contributed by atoms with Gasteiger partial charge in [0.15, 0.2) is 12.1 Å². The van der Waals surface area contributed by atoms with Gasteiger partial charge in [-0.3, -0.25) is 19.2 Å². The first-order chi connectivity index (χ1) is 32.8. The minimum atomic E-state index is -2.43. The van der Waals surface area contributed by atoms with E-state index in [-0.39, 0.29) is 60.9 Å². The van der Waals surface area contributed by atoms with Crippen LogP contribution < -0.4 is 0 Å². The van der Waals surface area contributed by atoms with E-state index >= 15 is 0 Å². The van der Waals surface area contributed by atoms with E-state index in [9.17, 15) is 34.2 Å². The number of aliphatic hydroxyl groups excluding tert-OH is 1. The van der Waals surface area contributed by atoms with Crippen molar-refractivity contribution in [3.8, 4) is 0 Å². The number of aromatic nitrogens is 4. The van der Waals surface area contributed by atoms with Crippen LogP contribution in [0.3, 0.4) is 0 Å². The van der Waals surface area contributed by atoms with Gasteiger partial charge in [-0.1, -0.05) is 71.1 Å². The molecule has 15 atom stereocenters. The van der Waals surface area contributed by atoms with E-state index in [4.69, 9.17) is 23.7 Å². The predicted molar refractivity (Wildman–Crippen MR) is 256 cm³/mol. The third-order valence-corrected chi connectivity index (χ3v) is 15.1. The summed E-state index contributed by atoms with van der Waals surface area (Å²) in [5, 5.41) is 35.7. The molecule has 17 nitrogen and oxygen atoms in total. The van der Waals surface area contributed by atoms with E-state index in [1.807, 2.05) is 58.1 Å². The Hall–Kier alpha value is -4.26. The summed E-state index contributed by atoms with van der Waals surface area (Å²) in [4.78, 5) is 73.9. The van der Waals surface area contributed by atoms with Gasteiger partial charge >= 0.3 is 5.97 Å². The fourth-order valence-corrected chi connectivity index (χ4v) is 10.7. The third kappa shape index (κ3) is 14.2. The van der Waals surface area contributed by atoms with Crippen LogP contribution in [0.5, 0.6) is 0 Å². The molecule has 2 saturated heterocycles. The fraction of sp³-hybridized carbons (Fsp3) is 0.731. The number of nitrogens with zero attached hydrogens (tertiary/aromatic N) is 5. The summed E-state index contributed by atoms with van der Waals surface area (Å²) in [6.07, 6.45) is 13.7. The largest absolute Gasteiger partial charge is 0.460 e. The lowest BCUT2D eigenvalue weighted by atomic mass is 9.77. The number of ether oxygens (including phenoxy) is 5. The number of allylic oxidation sites excluding steroid dienone is 6. The molecule has 4 aliphatic rings. The van der Waals surface area contributed by atoms with E-state index in [2.05, 4.69) is 15.4 Å². The van der Waals surface area contributed by atoms with Gasteiger partial charge in [-0.2, -0.15) is 4.80 Å². The number of aliphatic hydroxyl groups is 2. The minimum absolute atomic E-state index is 0.0168. The molecular formula is C52H79N5O12. The van der Waals surface area contributed by atoms with E-state index in [0.717, 1.165) is 18.4 Å². The first kappa shape index (κ1) is 55.7. The monoisotopic (exact) mass is 966 g/mol. The number of amides is 1. The molecule has 17 heteroatoms. The molecule has 2 bridgehead atoms. The zero-order chi connectivity index (χ0) is 50.6. The maximum absolute atomic E-state index is 14.5. The summed E-state index contributed by atoms with van der Waals surface area (Å²) in [5.41, 5.74) is 1.27. The SMILES string of the molecule is CO[C@H]1C[C@@H]2CC[C@@H](C)[C@@](O)(O2)C(=O)C(=O)N2CCCC[C@H]2C(=O)O[C@H]([C@H](C)C[C@@H]2CC[C@H](n3ncnn3)[C@H](OC)C2)CC(=O)[C@H](C)/C=C(/C)[C@@H](O)[C@@H](OC)C(=O)[C@H](C)C[C@H](C)/C=C\C=CC=C1C. The van der Waals surface area contributed by atoms with Crippen LogP contribution in [0, 0.1) is 35.5 Å². The smallest absolute Gasteiger partial charge is 0.329 e. The molecule has 0 spiro atoms. The number of cyclic esters (lactones) is 1. The average molecular weight is 966 g/mol. The van der Waals surface area contributed by atoms with Gasteiger partial charge in [0, 0.05) is 58.5 Å². The number of esters is 1. The van der Waals surface area contributed by atoms with Gasteiger partial charge in [0.2, 0.25) is 5.79 Å². The number of fused-ring (bicyclic) bond motifs is 3. The van der Waals surface area contributed by atoms with Crippen LogP contribution >= 0.6 is 0 Å². The Morgan fingerprint density at radius 3 is 2.32 bits per heavy atom. The molecule has 3 fully saturated rings. The first-order valence-electron chi connectivity index (χ1n) is 25.0. The summed E-state index contributed by atoms with van der Waals surface area (Å²) in [7, 11) is 4.61. The molecular weight excluding hydrogens is 887 g/mol. The number of methoxy groups -OCH3 is 3. The van der Waals surface area contributed by atoms with Crippen molar-refractivity contribution in [3.63, 3.8) is 0 Å². The van der Waals surface area contributed by atoms with Gasteiger partial charge in [0.05, 0.1) is 24.4 Å². The molecule has 1 aromatic rings. The van der Waals surface area contributed by atoms with Crippen molar-refractivity contribution in [2.45, 2.75) is 180 Å². The summed E-state index contributed by atoms with van der Waals surface area (Å²) in [5.74, 6) is -7.94. The van der Waals surface area contributed by atoms with Gasteiger partial charge in [-0.15, -0.1) is 10.2 Å². The Labute approximate surface area is 408 Å². The van der Waals surface area contributed by atoms with E-state index in [1.165, 1.54) is 18.3 Å². The molecule has 5 rings (SSSR count). The van der Waals surface area contributed by atoms with E-state index in [0.29, 0.717) is 56.9 Å². The molecule has 0 radical (unpaired) electrons. The molecule has 0 aromatic carbocycles. The standard InChI is InChI=1S/C52H79N5O12/c1-31-16-12-11-13-17-32(2)43(65-8)28-39-21-19-37(7)52(64,69-39)49(61)50(62)56-23-15-14-18-41(56)51(63)68-44(34(4)26-38-20-22-40(45(27-38)66-9)57-54-30-53-55-57)29-42(58)33(3)25-36(6)47(60)48(67-10)46(59)35(5)24-31/h11-13,16-17,25,30-31,33-35,37-41,43-45,47-48,60,64H,14-15,18-24,26-29H2,1-10H3/b13-11?,16-12-,32-17?,36-25-/t31-,33-,34-,35-,37-,38+,39+,40+,41+,43+,44+,45-,47-,48+,52-/m1/s1. The lowest BCUT2D eigenvalue weighted by Crippen LogP contribution is -2.61. The highest BCUT2D eigenvalue weighted by molar-refractivity contribution is 6.39. The number of tetrazole rings is 1. The van der Waals surface area contributed by atoms with Crippen molar-refractivity contribution >= 4 is 29.2 Å². The van der Waals surface area contributed by atoms with Crippen LogP contribution in [0.4, 0.5) is 0 Å². The Morgan fingerprint density at radius 2 is 1.64 bits per heavy atom. The van der Waals surface area contributed by atoms with Gasteiger partial charge in [0.1, 0.15) is 30.1 Å². The summed E-state index contributed by atoms with van der Waals surface area (Å²) in [6, 6.07) is -1.24. The molecule has 69 heavy (non-hydrogen) atoms. The van der Waals surface area contributed by atoms with Crippen molar-refractivity contribution in [1.82, 2.24) is 25.1 Å². The predicted octanol–water partition coefficient (Wildman–Crippen LogP) is 6.05. The fourth-order valence-electron chi connectivity index (χ4n) is 10.7. The zero-order valence-electron chi connectivity index (χ0n) is 42.5. The van der Waals surface area contributed by atoms with Gasteiger partial charge in [-0.05, 0) is 112 Å². The quantitative estimate of drug-likeness (QED) is 0.181. The van der Waals surface area contributed by atoms with Crippen LogP contribution in [-0.4, -0.2) is 141 Å². The number of hydrogen-bond acceptors (Lipinski definition) is 15. The highest BCUT2D eigenvalue weighted by atomic mass is 16.6. The topological polar surface area (TPSA) is 219 Å². The van der Waals surface area contributed by atoms with Crippen molar-refractivity contribution < 1.29 is 57.9 Å². The number of piperidine rings is 1. The summed E-state index contributed by atoms with van der Waals surface area (Å²) < 4.78 is 29.9. The number of Topliss-reactive ketones (excluding diaryl/α,β-unsaturated/α-hetero) is 3. The molecule has 2 N–H and O–H groups in total. The maximum atomic E-state index is 14.5. The van der Waals surface area contributed by atoms with Crippen molar-refractivity contribution in [1.29, 1.82) is 0 Å². The number of carbonyl (C=O) groups excluding carboxylic acids is 5. The Balaban J connectivity index is 1.46. The van der Waals surface area contributed by atoms with Crippen LogP contribution in [0.2, 0.25) is 0 Å². The second-order valence-electron chi connectivity index (χ2n) is 20.3. The van der Waals surface area contributed by atoms with Crippen molar-refractivity contribution in [2.24, 2.45) is 35.5 Å². The molecule has 1 aliphatic carbocycles. The van der Waals surface area contributed by atoms with Crippen molar-refractivity contribution in [2.75, 3.05) is 27.9 Å². The lowest BCUT2D eigenvalue weighted by Gasteiger charge is -2.42. The zero-order valence-corrected chi connectivity index (χ0v) is 42.5. The summed E-state index contributed by atoms with van der Waals surface area (Å²) in [6.45, 7) is 12.8. The molecule has 1 saturated carbocycles. The van der Waals surface area contributed by atoms with Crippen LogP contribution in [0.25, 0.3) is 0 Å².